The van der Waals surface area contributed by atoms with Crippen LogP contribution in [0.15, 0.2) is 29.6 Å². The zero-order chi connectivity index (χ0) is 17.0. The Kier molecular flexibility index (Phi) is 3.44. The summed E-state index contributed by atoms with van der Waals surface area (Å²) in [5.74, 6) is 1.09. The Bertz CT molecular complexity index is 859. The van der Waals surface area contributed by atoms with E-state index in [9.17, 15) is 0 Å². The van der Waals surface area contributed by atoms with Crippen molar-refractivity contribution in [1.82, 2.24) is 14.9 Å². The predicted molar refractivity (Wildman–Crippen MR) is 101 cm³/mol. The number of nitrogens with one attached hydrogen (secondary N) is 2. The lowest BCUT2D eigenvalue weighted by Crippen LogP contribution is -2.41. The maximum absolute atomic E-state index is 6.68. The van der Waals surface area contributed by atoms with Crippen LogP contribution in [0.4, 0.5) is 5.69 Å². The zero-order valence-corrected chi connectivity index (χ0v) is 15.1. The Morgan fingerprint density at radius 1 is 1.32 bits per heavy atom. The number of imidazole rings is 1. The quantitative estimate of drug-likeness (QED) is 0.860. The van der Waals surface area contributed by atoms with Gasteiger partial charge >= 0.3 is 0 Å². The summed E-state index contributed by atoms with van der Waals surface area (Å²) in [6.45, 7) is 1.07. The first-order valence-corrected chi connectivity index (χ1v) is 9.45. The first kappa shape index (κ1) is 15.4. The van der Waals surface area contributed by atoms with Gasteiger partial charge in [-0.15, -0.1) is 0 Å². The van der Waals surface area contributed by atoms with E-state index in [1.807, 2.05) is 17.9 Å². The number of anilines is 1. The number of benzene rings is 1. The minimum Gasteiger partial charge on any atom is -0.343 e. The summed E-state index contributed by atoms with van der Waals surface area (Å²) in [7, 11) is 1.87. The Labute approximate surface area is 152 Å². The van der Waals surface area contributed by atoms with Crippen molar-refractivity contribution < 1.29 is 0 Å². The normalized spacial score (nSPS) is 25.2. The fourth-order valence-electron chi connectivity index (χ4n) is 4.53. The second-order valence-electron chi connectivity index (χ2n) is 7.34. The van der Waals surface area contributed by atoms with Crippen LogP contribution in [0.2, 0.25) is 5.02 Å². The Morgan fingerprint density at radius 2 is 2.20 bits per heavy atom. The molecule has 0 bridgehead atoms. The molecule has 25 heavy (non-hydrogen) atoms. The summed E-state index contributed by atoms with van der Waals surface area (Å²) in [6, 6.07) is 4.64. The molecule has 1 aromatic carbocycles. The van der Waals surface area contributed by atoms with Crippen molar-refractivity contribution in [2.45, 2.75) is 43.6 Å². The van der Waals surface area contributed by atoms with Crippen LogP contribution in [-0.2, 0) is 5.41 Å². The lowest BCUT2D eigenvalue weighted by atomic mass is 9.65. The molecule has 0 amide bonds. The van der Waals surface area contributed by atoms with Gasteiger partial charge in [0.15, 0.2) is 0 Å². The molecule has 3 heterocycles. The third kappa shape index (κ3) is 2.19. The number of fused-ring (bicyclic) bond motifs is 2. The van der Waals surface area contributed by atoms with Crippen LogP contribution in [0.25, 0.3) is 5.69 Å². The number of rotatable bonds is 2. The number of aliphatic imine (C=N–C) groups is 1. The Hall–Kier alpha value is -1.85. The molecule has 1 spiro atoms. The second-order valence-corrected chi connectivity index (χ2v) is 7.74. The smallest absolute Gasteiger partial charge is 0.111 e. The third-order valence-corrected chi connectivity index (χ3v) is 6.34. The molecule has 1 aliphatic carbocycles. The molecule has 2 N–H and O–H groups in total. The summed E-state index contributed by atoms with van der Waals surface area (Å²) >= 11 is 6.68. The fraction of sp³-hybridized carbons (Fsp3) is 0.474. The van der Waals surface area contributed by atoms with E-state index < -0.39 is 0 Å². The highest BCUT2D eigenvalue weighted by molar-refractivity contribution is 6.33. The summed E-state index contributed by atoms with van der Waals surface area (Å²) in [6.07, 6.45) is 9.87. The molecular formula is C19H22ClN5. The molecule has 1 saturated carbocycles. The largest absolute Gasteiger partial charge is 0.343 e. The highest BCUT2D eigenvalue weighted by atomic mass is 35.5. The van der Waals surface area contributed by atoms with Crippen molar-refractivity contribution in [3.63, 3.8) is 0 Å². The minimum atomic E-state index is 0.0696. The molecule has 6 heteroatoms. The van der Waals surface area contributed by atoms with Gasteiger partial charge in [0.1, 0.15) is 5.84 Å². The van der Waals surface area contributed by atoms with E-state index in [0.29, 0.717) is 6.04 Å². The molecule has 3 aliphatic rings. The fourth-order valence-corrected chi connectivity index (χ4v) is 4.79. The van der Waals surface area contributed by atoms with Crippen molar-refractivity contribution in [3.8, 4) is 5.69 Å². The number of aromatic nitrogens is 2. The summed E-state index contributed by atoms with van der Waals surface area (Å²) in [5, 5.41) is 7.79. The highest BCUT2D eigenvalue weighted by Crippen LogP contribution is 2.52. The SMILES string of the molecule is CN=C1Nc2cc(-n3cnc([C@@H]4CCCN4)c3)c(Cl)cc2C12CCC2. The van der Waals surface area contributed by atoms with Crippen molar-refractivity contribution in [2.75, 3.05) is 18.9 Å². The van der Waals surface area contributed by atoms with Crippen LogP contribution >= 0.6 is 11.6 Å². The third-order valence-electron chi connectivity index (χ3n) is 6.04. The molecule has 2 fully saturated rings. The van der Waals surface area contributed by atoms with Crippen molar-refractivity contribution in [3.05, 3.63) is 40.9 Å². The van der Waals surface area contributed by atoms with Gasteiger partial charge in [-0.3, -0.25) is 4.99 Å². The molecule has 1 aromatic heterocycles. The monoisotopic (exact) mass is 355 g/mol. The van der Waals surface area contributed by atoms with Gasteiger partial charge in [-0.25, -0.2) is 4.98 Å². The molecule has 2 aromatic rings. The molecule has 5 rings (SSSR count). The van der Waals surface area contributed by atoms with Crippen LogP contribution in [0, 0.1) is 0 Å². The van der Waals surface area contributed by atoms with Gasteiger partial charge in [-0.2, -0.15) is 0 Å². The zero-order valence-electron chi connectivity index (χ0n) is 14.3. The van der Waals surface area contributed by atoms with Crippen LogP contribution < -0.4 is 10.6 Å². The van der Waals surface area contributed by atoms with E-state index in [2.05, 4.69) is 38.9 Å². The molecular weight excluding hydrogens is 334 g/mol. The predicted octanol–water partition coefficient (Wildman–Crippen LogP) is 3.83. The summed E-state index contributed by atoms with van der Waals surface area (Å²) in [4.78, 5) is 9.10. The molecule has 130 valence electrons. The van der Waals surface area contributed by atoms with Gasteiger partial charge in [-0.05, 0) is 49.9 Å². The van der Waals surface area contributed by atoms with E-state index >= 15 is 0 Å². The Balaban J connectivity index is 1.54. The van der Waals surface area contributed by atoms with E-state index in [1.165, 1.54) is 18.4 Å². The van der Waals surface area contributed by atoms with E-state index in [-0.39, 0.29) is 5.41 Å². The van der Waals surface area contributed by atoms with Gasteiger partial charge in [0.25, 0.3) is 0 Å². The van der Waals surface area contributed by atoms with Gasteiger partial charge < -0.3 is 15.2 Å². The molecule has 1 atom stereocenters. The summed E-state index contributed by atoms with van der Waals surface area (Å²) in [5.41, 5.74) is 4.56. The topological polar surface area (TPSA) is 54.2 Å². The molecule has 1 saturated heterocycles. The van der Waals surface area contributed by atoms with Crippen molar-refractivity contribution >= 4 is 23.1 Å². The number of hydrogen-bond acceptors (Lipinski definition) is 3. The van der Waals surface area contributed by atoms with E-state index in [4.69, 9.17) is 11.6 Å². The summed E-state index contributed by atoms with van der Waals surface area (Å²) < 4.78 is 2.04. The van der Waals surface area contributed by atoms with Crippen LogP contribution in [-0.4, -0.2) is 29.0 Å². The van der Waals surface area contributed by atoms with Gasteiger partial charge in [0, 0.05) is 18.9 Å². The number of halogens is 1. The first-order chi connectivity index (χ1) is 12.2. The van der Waals surface area contributed by atoms with Crippen molar-refractivity contribution in [2.24, 2.45) is 4.99 Å². The van der Waals surface area contributed by atoms with Gasteiger partial charge in [0.2, 0.25) is 0 Å². The maximum Gasteiger partial charge on any atom is 0.111 e. The Morgan fingerprint density at radius 3 is 2.88 bits per heavy atom. The number of hydrogen-bond donors (Lipinski definition) is 2. The molecule has 0 radical (unpaired) electrons. The average Bonchev–Trinajstić information content (AvgIpc) is 3.30. The van der Waals surface area contributed by atoms with E-state index in [1.54, 1.807) is 0 Å². The standard InChI is InChI=1S/C19H22ClN5/c1-21-18-19(5-3-6-19)12-8-13(20)17(9-15(12)24-18)25-10-16(23-11-25)14-4-2-7-22-14/h8-11,14,22H,2-7H2,1H3,(H,21,24)/t14-/m0/s1. The maximum atomic E-state index is 6.68. The van der Waals surface area contributed by atoms with E-state index in [0.717, 1.165) is 53.7 Å². The molecule has 0 unspecified atom stereocenters. The minimum absolute atomic E-state index is 0.0696. The average molecular weight is 356 g/mol. The number of amidine groups is 1. The van der Waals surface area contributed by atoms with Gasteiger partial charge in [-0.1, -0.05) is 18.0 Å². The van der Waals surface area contributed by atoms with Gasteiger partial charge in [0.05, 0.1) is 34.2 Å². The lowest BCUT2D eigenvalue weighted by Gasteiger charge is -2.38. The highest BCUT2D eigenvalue weighted by Gasteiger charge is 2.49. The number of nitrogens with zero attached hydrogens (tertiary/aromatic N) is 3. The van der Waals surface area contributed by atoms with Crippen molar-refractivity contribution in [1.29, 1.82) is 0 Å². The lowest BCUT2D eigenvalue weighted by molar-refractivity contribution is 0.347. The molecule has 2 aliphatic heterocycles. The van der Waals surface area contributed by atoms with Crippen LogP contribution in [0.5, 0.6) is 0 Å². The molecule has 5 nitrogen and oxygen atoms in total. The first-order valence-electron chi connectivity index (χ1n) is 9.07. The second kappa shape index (κ2) is 5.58. The van der Waals surface area contributed by atoms with Crippen LogP contribution in [0.1, 0.15) is 49.4 Å². The van der Waals surface area contributed by atoms with Crippen LogP contribution in [0.3, 0.4) is 0 Å².